The molecule has 3 atom stereocenters. The molecule has 0 spiro atoms. The van der Waals surface area contributed by atoms with E-state index in [-0.39, 0.29) is 18.1 Å². The first-order valence-electron chi connectivity index (χ1n) is 8.04. The van der Waals surface area contributed by atoms with Gasteiger partial charge in [-0.1, -0.05) is 44.2 Å². The van der Waals surface area contributed by atoms with Gasteiger partial charge in [0.25, 0.3) is 0 Å². The maximum Gasteiger partial charge on any atom is 0.306 e. The number of nitrogens with two attached hydrogens (primary N) is 1. The summed E-state index contributed by atoms with van der Waals surface area (Å²) in [7, 11) is 0. The maximum atomic E-state index is 12.0. The van der Waals surface area contributed by atoms with Crippen LogP contribution in [0.3, 0.4) is 0 Å². The van der Waals surface area contributed by atoms with Crippen molar-refractivity contribution in [3.63, 3.8) is 0 Å². The van der Waals surface area contributed by atoms with E-state index < -0.39 is 0 Å². The predicted molar refractivity (Wildman–Crippen MR) is 84.7 cm³/mol. The third-order valence-corrected chi connectivity index (χ3v) is 4.32. The second-order valence-electron chi connectivity index (χ2n) is 6.59. The van der Waals surface area contributed by atoms with Gasteiger partial charge in [-0.3, -0.25) is 4.79 Å². The molecule has 21 heavy (non-hydrogen) atoms. The molecule has 3 unspecified atom stereocenters. The van der Waals surface area contributed by atoms with Gasteiger partial charge < -0.3 is 10.5 Å². The van der Waals surface area contributed by atoms with Gasteiger partial charge in [0.2, 0.25) is 0 Å². The average molecular weight is 289 g/mol. The van der Waals surface area contributed by atoms with Crippen molar-refractivity contribution in [3.05, 3.63) is 35.9 Å². The molecule has 116 valence electrons. The molecule has 0 heterocycles. The lowest BCUT2D eigenvalue weighted by Gasteiger charge is -2.31. The van der Waals surface area contributed by atoms with Crippen LogP contribution in [-0.4, -0.2) is 12.1 Å². The summed E-state index contributed by atoms with van der Waals surface area (Å²) in [4.78, 5) is 12.0. The van der Waals surface area contributed by atoms with Crippen LogP contribution in [-0.2, 0) is 9.53 Å². The first-order valence-corrected chi connectivity index (χ1v) is 8.04. The Morgan fingerprint density at radius 1 is 1.19 bits per heavy atom. The summed E-state index contributed by atoms with van der Waals surface area (Å²) in [6.07, 6.45) is 4.38. The molecule has 2 N–H and O–H groups in total. The van der Waals surface area contributed by atoms with E-state index in [4.69, 9.17) is 10.5 Å². The minimum absolute atomic E-state index is 0.0945. The van der Waals surface area contributed by atoms with Crippen LogP contribution >= 0.6 is 0 Å². The highest BCUT2D eigenvalue weighted by Crippen LogP contribution is 2.30. The third-order valence-electron chi connectivity index (χ3n) is 4.32. The van der Waals surface area contributed by atoms with E-state index in [0.717, 1.165) is 18.4 Å². The fraction of sp³-hybridized carbons (Fsp3) is 0.611. The predicted octanol–water partition coefficient (Wildman–Crippen LogP) is 3.83. The average Bonchev–Trinajstić information content (AvgIpc) is 2.44. The lowest BCUT2D eigenvalue weighted by molar-refractivity contribution is -0.152. The molecule has 0 aromatic heterocycles. The van der Waals surface area contributed by atoms with Crippen LogP contribution in [0.1, 0.15) is 57.6 Å². The Morgan fingerprint density at radius 3 is 2.43 bits per heavy atom. The number of carbonyl (C=O) groups is 1. The van der Waals surface area contributed by atoms with Crippen molar-refractivity contribution >= 4 is 5.97 Å². The fourth-order valence-electron chi connectivity index (χ4n) is 3.35. The molecule has 3 heteroatoms. The van der Waals surface area contributed by atoms with E-state index in [1.54, 1.807) is 0 Å². The highest BCUT2D eigenvalue weighted by Gasteiger charge is 2.26. The molecular weight excluding hydrogens is 262 g/mol. The van der Waals surface area contributed by atoms with Gasteiger partial charge in [0.15, 0.2) is 0 Å². The lowest BCUT2D eigenvalue weighted by Crippen LogP contribution is -2.28. The zero-order valence-corrected chi connectivity index (χ0v) is 13.1. The molecule has 1 aliphatic rings. The highest BCUT2D eigenvalue weighted by molar-refractivity contribution is 5.69. The van der Waals surface area contributed by atoms with Crippen LogP contribution < -0.4 is 5.73 Å². The monoisotopic (exact) mass is 289 g/mol. The van der Waals surface area contributed by atoms with E-state index in [0.29, 0.717) is 24.7 Å². The van der Waals surface area contributed by atoms with Gasteiger partial charge in [-0.15, -0.1) is 0 Å². The first-order chi connectivity index (χ1) is 10.0. The topological polar surface area (TPSA) is 52.3 Å². The second kappa shape index (κ2) is 7.60. The molecule has 0 aliphatic heterocycles. The van der Waals surface area contributed by atoms with Crippen LogP contribution in [0.25, 0.3) is 0 Å². The van der Waals surface area contributed by atoms with E-state index >= 15 is 0 Å². The molecule has 1 saturated carbocycles. The van der Waals surface area contributed by atoms with Crippen molar-refractivity contribution in [1.82, 2.24) is 0 Å². The molecule has 1 aliphatic carbocycles. The summed E-state index contributed by atoms with van der Waals surface area (Å²) >= 11 is 0. The van der Waals surface area contributed by atoms with Gasteiger partial charge in [-0.05, 0) is 43.1 Å². The van der Waals surface area contributed by atoms with E-state index in [1.165, 1.54) is 6.42 Å². The Labute approximate surface area is 127 Å². The van der Waals surface area contributed by atoms with Crippen molar-refractivity contribution in [2.75, 3.05) is 0 Å². The maximum absolute atomic E-state index is 12.0. The molecule has 1 aromatic rings. The SMILES string of the molecule is CC1CC(C)CC(OC(=O)CCC(N)c2ccccc2)C1. The van der Waals surface area contributed by atoms with Gasteiger partial charge in [-0.25, -0.2) is 0 Å². The van der Waals surface area contributed by atoms with Gasteiger partial charge in [0, 0.05) is 12.5 Å². The Morgan fingerprint density at radius 2 is 1.81 bits per heavy atom. The Hall–Kier alpha value is -1.35. The summed E-state index contributed by atoms with van der Waals surface area (Å²) in [6.45, 7) is 4.48. The molecule has 0 amide bonds. The fourth-order valence-corrected chi connectivity index (χ4v) is 3.35. The number of ether oxygens (including phenoxy) is 1. The smallest absolute Gasteiger partial charge is 0.306 e. The van der Waals surface area contributed by atoms with Crippen molar-refractivity contribution in [1.29, 1.82) is 0 Å². The Balaban J connectivity index is 1.74. The number of rotatable bonds is 5. The van der Waals surface area contributed by atoms with Crippen molar-refractivity contribution < 1.29 is 9.53 Å². The molecule has 0 bridgehead atoms. The van der Waals surface area contributed by atoms with E-state index in [2.05, 4.69) is 13.8 Å². The van der Waals surface area contributed by atoms with E-state index in [1.807, 2.05) is 30.3 Å². The first kappa shape index (κ1) is 16.0. The van der Waals surface area contributed by atoms with Crippen LogP contribution in [0.2, 0.25) is 0 Å². The minimum atomic E-state index is -0.104. The Bertz CT molecular complexity index is 436. The van der Waals surface area contributed by atoms with Crippen molar-refractivity contribution in [2.45, 2.75) is 58.1 Å². The zero-order valence-electron chi connectivity index (χ0n) is 13.1. The summed E-state index contributed by atoms with van der Waals surface area (Å²) in [5, 5.41) is 0. The molecule has 3 nitrogen and oxygen atoms in total. The van der Waals surface area contributed by atoms with E-state index in [9.17, 15) is 4.79 Å². The lowest BCUT2D eigenvalue weighted by atomic mass is 9.82. The van der Waals surface area contributed by atoms with Crippen LogP contribution in [0.15, 0.2) is 30.3 Å². The molecule has 1 fully saturated rings. The summed E-state index contributed by atoms with van der Waals surface area (Å²) in [6, 6.07) is 9.82. The summed E-state index contributed by atoms with van der Waals surface area (Å²) in [5.41, 5.74) is 7.19. The molecule has 0 radical (unpaired) electrons. The molecule has 1 aromatic carbocycles. The molecular formula is C18H27NO2. The highest BCUT2D eigenvalue weighted by atomic mass is 16.5. The minimum Gasteiger partial charge on any atom is -0.462 e. The third kappa shape index (κ3) is 5.16. The summed E-state index contributed by atoms with van der Waals surface area (Å²) < 4.78 is 5.62. The number of hydrogen-bond acceptors (Lipinski definition) is 3. The van der Waals surface area contributed by atoms with Gasteiger partial charge in [-0.2, -0.15) is 0 Å². The van der Waals surface area contributed by atoms with Crippen molar-refractivity contribution in [2.24, 2.45) is 17.6 Å². The van der Waals surface area contributed by atoms with Gasteiger partial charge >= 0.3 is 5.97 Å². The Kier molecular flexibility index (Phi) is 5.80. The van der Waals surface area contributed by atoms with Crippen LogP contribution in [0.5, 0.6) is 0 Å². The molecule has 0 saturated heterocycles. The zero-order chi connectivity index (χ0) is 15.2. The normalized spacial score (nSPS) is 27.1. The summed E-state index contributed by atoms with van der Waals surface area (Å²) in [5.74, 6) is 1.20. The number of esters is 1. The number of benzene rings is 1. The van der Waals surface area contributed by atoms with Gasteiger partial charge in [0.1, 0.15) is 6.10 Å². The quantitative estimate of drug-likeness (QED) is 0.838. The number of hydrogen-bond donors (Lipinski definition) is 1. The molecule has 2 rings (SSSR count). The second-order valence-corrected chi connectivity index (χ2v) is 6.59. The van der Waals surface area contributed by atoms with Crippen LogP contribution in [0.4, 0.5) is 0 Å². The van der Waals surface area contributed by atoms with Crippen LogP contribution in [0, 0.1) is 11.8 Å². The van der Waals surface area contributed by atoms with Crippen molar-refractivity contribution in [3.8, 4) is 0 Å². The van der Waals surface area contributed by atoms with Gasteiger partial charge in [0.05, 0.1) is 0 Å². The largest absolute Gasteiger partial charge is 0.462 e. The standard InChI is InChI=1S/C18H27NO2/c1-13-10-14(2)12-16(11-13)21-18(20)9-8-17(19)15-6-4-3-5-7-15/h3-7,13-14,16-17H,8-12,19H2,1-2H3. The number of carbonyl (C=O) groups excluding carboxylic acids is 1.